The van der Waals surface area contributed by atoms with Gasteiger partial charge >= 0.3 is 6.61 Å². The first kappa shape index (κ1) is 22.9. The van der Waals surface area contributed by atoms with E-state index in [1.807, 2.05) is 13.0 Å². The summed E-state index contributed by atoms with van der Waals surface area (Å²) in [5, 5.41) is 6.51. The largest absolute Gasteiger partial charge is 0.434 e. The van der Waals surface area contributed by atoms with Crippen molar-refractivity contribution in [3.63, 3.8) is 0 Å². The molecule has 1 aromatic rings. The molecule has 0 saturated carbocycles. The van der Waals surface area contributed by atoms with Gasteiger partial charge < -0.3 is 15.4 Å². The minimum absolute atomic E-state index is 0. The average Bonchev–Trinajstić information content (AvgIpc) is 3.04. The van der Waals surface area contributed by atoms with Crippen LogP contribution in [0.5, 0.6) is 5.75 Å². The summed E-state index contributed by atoms with van der Waals surface area (Å²) in [6.45, 7) is 4.65. The van der Waals surface area contributed by atoms with Crippen LogP contribution in [0.25, 0.3) is 0 Å². The van der Waals surface area contributed by atoms with Crippen LogP contribution in [-0.2, 0) is 6.54 Å². The number of halogens is 3. The number of nitrogens with zero attached hydrogens (tertiary/aromatic N) is 2. The number of hydrogen-bond donors (Lipinski definition) is 2. The molecule has 2 N–H and O–H groups in total. The molecule has 2 rings (SSSR count). The van der Waals surface area contributed by atoms with Crippen molar-refractivity contribution in [2.24, 2.45) is 4.99 Å². The summed E-state index contributed by atoms with van der Waals surface area (Å²) in [4.78, 5) is 6.67. The smallest absolute Gasteiger partial charge is 0.387 e. The molecule has 1 saturated heterocycles. The predicted octanol–water partition coefficient (Wildman–Crippen LogP) is 3.36. The summed E-state index contributed by atoms with van der Waals surface area (Å²) in [5.74, 6) is 0.851. The zero-order valence-electron chi connectivity index (χ0n) is 15.6. The second kappa shape index (κ2) is 11.5. The Labute approximate surface area is 171 Å². The number of aliphatic imine (C=N–C) groups is 1. The monoisotopic (exact) mass is 482 g/mol. The summed E-state index contributed by atoms with van der Waals surface area (Å²) < 4.78 is 29.7. The number of guanidine groups is 1. The molecule has 0 radical (unpaired) electrons. The quantitative estimate of drug-likeness (QED) is 0.356. The van der Waals surface area contributed by atoms with Crippen molar-refractivity contribution in [3.05, 3.63) is 29.3 Å². The lowest BCUT2D eigenvalue weighted by Gasteiger charge is -2.24. The first-order valence-electron chi connectivity index (χ1n) is 8.76. The third kappa shape index (κ3) is 6.86. The summed E-state index contributed by atoms with van der Waals surface area (Å²) >= 11 is 0. The molecule has 1 aliphatic heterocycles. The van der Waals surface area contributed by atoms with Crippen LogP contribution in [0.15, 0.2) is 23.2 Å². The number of likely N-dealkylation sites (tertiary alicyclic amines) is 1. The summed E-state index contributed by atoms with van der Waals surface area (Å²) in [5.41, 5.74) is 1.67. The topological polar surface area (TPSA) is 48.9 Å². The van der Waals surface area contributed by atoms with Gasteiger partial charge in [0.05, 0.1) is 0 Å². The van der Waals surface area contributed by atoms with Crippen molar-refractivity contribution >= 4 is 29.9 Å². The molecule has 1 atom stereocenters. The van der Waals surface area contributed by atoms with E-state index in [9.17, 15) is 8.78 Å². The third-order valence-electron chi connectivity index (χ3n) is 4.51. The molecule has 1 heterocycles. The van der Waals surface area contributed by atoms with Crippen LogP contribution in [0.3, 0.4) is 0 Å². The number of rotatable bonds is 7. The molecule has 0 aliphatic carbocycles. The van der Waals surface area contributed by atoms with Crippen LogP contribution in [0, 0.1) is 6.92 Å². The van der Waals surface area contributed by atoms with Gasteiger partial charge in [-0.1, -0.05) is 24.6 Å². The van der Waals surface area contributed by atoms with Crippen molar-refractivity contribution in [1.82, 2.24) is 15.5 Å². The Morgan fingerprint density at radius 1 is 1.38 bits per heavy atom. The van der Waals surface area contributed by atoms with E-state index in [0.29, 0.717) is 24.1 Å². The average molecular weight is 482 g/mol. The van der Waals surface area contributed by atoms with Gasteiger partial charge in [0.15, 0.2) is 5.96 Å². The molecule has 1 aliphatic rings. The number of aryl methyl sites for hydroxylation is 1. The molecule has 1 fully saturated rings. The lowest BCUT2D eigenvalue weighted by molar-refractivity contribution is -0.0504. The fraction of sp³-hybridized carbons (Fsp3) is 0.611. The molecule has 0 spiro atoms. The standard InChI is InChI=1S/C18H28F2N4O.HI/c1-4-24-9-5-6-15(24)12-23-18(21-3)22-11-14-10-13(2)7-8-16(14)25-17(19)20;/h7-8,10,15,17H,4-6,9,11-12H2,1-3H3,(H2,21,22,23);1H. The van der Waals surface area contributed by atoms with E-state index < -0.39 is 6.61 Å². The highest BCUT2D eigenvalue weighted by atomic mass is 127. The van der Waals surface area contributed by atoms with Crippen LogP contribution >= 0.6 is 24.0 Å². The highest BCUT2D eigenvalue weighted by Gasteiger charge is 2.22. The Morgan fingerprint density at radius 2 is 2.15 bits per heavy atom. The van der Waals surface area contributed by atoms with Crippen molar-refractivity contribution < 1.29 is 13.5 Å². The summed E-state index contributed by atoms with van der Waals surface area (Å²) in [6.07, 6.45) is 2.41. The van der Waals surface area contributed by atoms with Gasteiger partial charge in [0.2, 0.25) is 0 Å². The van der Waals surface area contributed by atoms with Crippen molar-refractivity contribution in [1.29, 1.82) is 0 Å². The highest BCUT2D eigenvalue weighted by Crippen LogP contribution is 2.22. The maximum atomic E-state index is 12.5. The summed E-state index contributed by atoms with van der Waals surface area (Å²) in [6, 6.07) is 5.69. The van der Waals surface area contributed by atoms with Crippen molar-refractivity contribution in [3.8, 4) is 5.75 Å². The summed E-state index contributed by atoms with van der Waals surface area (Å²) in [7, 11) is 1.70. The molecule has 26 heavy (non-hydrogen) atoms. The van der Waals surface area contributed by atoms with Crippen molar-refractivity contribution in [2.75, 3.05) is 26.7 Å². The van der Waals surface area contributed by atoms with Crippen molar-refractivity contribution in [2.45, 2.75) is 45.9 Å². The number of ether oxygens (including phenoxy) is 1. The van der Waals surface area contributed by atoms with Crippen LogP contribution in [0.2, 0.25) is 0 Å². The molecule has 0 bridgehead atoms. The highest BCUT2D eigenvalue weighted by molar-refractivity contribution is 14.0. The second-order valence-corrected chi connectivity index (χ2v) is 6.22. The van der Waals surface area contributed by atoms with Gasteiger partial charge in [-0.05, 0) is 38.9 Å². The molecule has 5 nitrogen and oxygen atoms in total. The first-order chi connectivity index (χ1) is 12.0. The molecule has 8 heteroatoms. The Bertz CT molecular complexity index is 586. The lowest BCUT2D eigenvalue weighted by Crippen LogP contribution is -2.44. The molecule has 0 amide bonds. The molecule has 0 aromatic heterocycles. The van der Waals surface area contributed by atoms with Gasteiger partial charge in [-0.3, -0.25) is 9.89 Å². The van der Waals surface area contributed by atoms with E-state index in [4.69, 9.17) is 0 Å². The normalized spacial score (nSPS) is 17.9. The predicted molar refractivity (Wildman–Crippen MR) is 112 cm³/mol. The number of hydrogen-bond acceptors (Lipinski definition) is 3. The van der Waals surface area contributed by atoms with E-state index in [1.165, 1.54) is 12.8 Å². The zero-order chi connectivity index (χ0) is 18.2. The van der Waals surface area contributed by atoms with E-state index in [-0.39, 0.29) is 29.7 Å². The Kier molecular flexibility index (Phi) is 10.1. The van der Waals surface area contributed by atoms with E-state index in [1.54, 1.807) is 19.2 Å². The molecule has 1 unspecified atom stereocenters. The Morgan fingerprint density at radius 3 is 2.81 bits per heavy atom. The fourth-order valence-corrected chi connectivity index (χ4v) is 3.21. The number of benzene rings is 1. The van der Waals surface area contributed by atoms with E-state index >= 15 is 0 Å². The Balaban J connectivity index is 0.00000338. The number of likely N-dealkylation sites (N-methyl/N-ethyl adjacent to an activating group) is 1. The van der Waals surface area contributed by atoms with Crippen LogP contribution in [0.4, 0.5) is 8.78 Å². The molecular formula is C18H29F2IN4O. The Hall–Kier alpha value is -1.16. The maximum Gasteiger partial charge on any atom is 0.387 e. The zero-order valence-corrected chi connectivity index (χ0v) is 17.9. The number of nitrogens with one attached hydrogen (secondary N) is 2. The first-order valence-corrected chi connectivity index (χ1v) is 8.76. The third-order valence-corrected chi connectivity index (χ3v) is 4.51. The van der Waals surface area contributed by atoms with Crippen LogP contribution in [-0.4, -0.2) is 50.2 Å². The molecular weight excluding hydrogens is 453 g/mol. The SMILES string of the molecule is CCN1CCCC1CNC(=NC)NCc1cc(C)ccc1OC(F)F.I. The molecule has 1 aromatic carbocycles. The lowest BCUT2D eigenvalue weighted by atomic mass is 10.1. The van der Waals surface area contributed by atoms with Gasteiger partial charge in [0, 0.05) is 31.7 Å². The van der Waals surface area contributed by atoms with Crippen LogP contribution < -0.4 is 15.4 Å². The van der Waals surface area contributed by atoms with E-state index in [0.717, 1.165) is 25.2 Å². The molecule has 148 valence electrons. The number of alkyl halides is 2. The fourth-order valence-electron chi connectivity index (χ4n) is 3.21. The van der Waals surface area contributed by atoms with Gasteiger partial charge in [0.25, 0.3) is 0 Å². The van der Waals surface area contributed by atoms with Crippen LogP contribution in [0.1, 0.15) is 30.9 Å². The minimum Gasteiger partial charge on any atom is -0.434 e. The van der Waals surface area contributed by atoms with Gasteiger partial charge in [-0.2, -0.15) is 8.78 Å². The van der Waals surface area contributed by atoms with Gasteiger partial charge in [0.1, 0.15) is 5.75 Å². The van der Waals surface area contributed by atoms with Gasteiger partial charge in [-0.25, -0.2) is 0 Å². The minimum atomic E-state index is -2.83. The second-order valence-electron chi connectivity index (χ2n) is 6.22. The van der Waals surface area contributed by atoms with E-state index in [2.05, 4.69) is 32.2 Å². The van der Waals surface area contributed by atoms with Gasteiger partial charge in [-0.15, -0.1) is 24.0 Å². The maximum absolute atomic E-state index is 12.5.